The van der Waals surface area contributed by atoms with E-state index in [1.54, 1.807) is 13.8 Å². The summed E-state index contributed by atoms with van der Waals surface area (Å²) < 4.78 is 5.16. The van der Waals surface area contributed by atoms with Crippen LogP contribution in [-0.4, -0.2) is 59.0 Å². The zero-order valence-corrected chi connectivity index (χ0v) is 15.6. The van der Waals surface area contributed by atoms with E-state index in [0.717, 1.165) is 12.1 Å². The second-order valence-corrected chi connectivity index (χ2v) is 7.46. The molecule has 2 N–H and O–H groups in total. The van der Waals surface area contributed by atoms with E-state index in [9.17, 15) is 9.59 Å². The number of aryl methyl sites for hydroxylation is 2. The lowest BCUT2D eigenvalue weighted by Gasteiger charge is -2.39. The molecule has 0 unspecified atom stereocenters. The number of carbonyl (C=O) groups is 2. The van der Waals surface area contributed by atoms with Crippen LogP contribution in [-0.2, 0) is 4.79 Å². The Morgan fingerprint density at radius 3 is 2.52 bits per heavy atom. The molecule has 27 heavy (non-hydrogen) atoms. The number of piperazine rings is 1. The second kappa shape index (κ2) is 6.81. The Balaban J connectivity index is 1.63. The highest BCUT2D eigenvalue weighted by atomic mass is 16.5. The van der Waals surface area contributed by atoms with Gasteiger partial charge in [0.05, 0.1) is 11.6 Å². The van der Waals surface area contributed by atoms with Gasteiger partial charge in [-0.3, -0.25) is 14.5 Å². The number of amides is 2. The van der Waals surface area contributed by atoms with Gasteiger partial charge in [0.1, 0.15) is 11.3 Å². The molecule has 1 aromatic heterocycles. The Morgan fingerprint density at radius 2 is 1.89 bits per heavy atom. The fraction of sp³-hybridized carbons (Fsp3) is 0.450. The van der Waals surface area contributed by atoms with E-state index in [1.807, 2.05) is 35.2 Å². The first-order chi connectivity index (χ1) is 13.0. The number of nitrogens with two attached hydrogens (primary N) is 1. The molecule has 0 saturated carbocycles. The summed E-state index contributed by atoms with van der Waals surface area (Å²) in [6.07, 6.45) is 0. The predicted molar refractivity (Wildman–Crippen MR) is 99.1 cm³/mol. The fourth-order valence-corrected chi connectivity index (χ4v) is 4.58. The third-order valence-corrected chi connectivity index (χ3v) is 5.90. The molecule has 7 nitrogen and oxygen atoms in total. The predicted octanol–water partition coefficient (Wildman–Crippen LogP) is 1.32. The van der Waals surface area contributed by atoms with Gasteiger partial charge in [0.2, 0.25) is 5.91 Å². The number of hydrogen-bond acceptors (Lipinski definition) is 5. The van der Waals surface area contributed by atoms with Gasteiger partial charge in [0, 0.05) is 38.1 Å². The van der Waals surface area contributed by atoms with Crippen LogP contribution in [0.25, 0.3) is 0 Å². The molecule has 2 aliphatic heterocycles. The van der Waals surface area contributed by atoms with Crippen LogP contribution in [0, 0.1) is 19.8 Å². The topological polar surface area (TPSA) is 92.7 Å². The molecule has 3 atom stereocenters. The van der Waals surface area contributed by atoms with Crippen molar-refractivity contribution in [2.75, 3.05) is 26.2 Å². The Morgan fingerprint density at radius 1 is 1.15 bits per heavy atom. The lowest BCUT2D eigenvalue weighted by Crippen LogP contribution is -2.53. The van der Waals surface area contributed by atoms with Crippen molar-refractivity contribution in [2.45, 2.75) is 25.8 Å². The van der Waals surface area contributed by atoms with Crippen molar-refractivity contribution in [1.82, 2.24) is 15.0 Å². The number of nitrogens with zero attached hydrogens (tertiary/aromatic N) is 3. The Labute approximate surface area is 158 Å². The summed E-state index contributed by atoms with van der Waals surface area (Å²) in [5.41, 5.74) is 7.98. The highest BCUT2D eigenvalue weighted by Crippen LogP contribution is 2.40. The van der Waals surface area contributed by atoms with Gasteiger partial charge in [-0.15, -0.1) is 0 Å². The van der Waals surface area contributed by atoms with Crippen LogP contribution < -0.4 is 5.73 Å². The average Bonchev–Trinajstić information content (AvgIpc) is 3.21. The zero-order chi connectivity index (χ0) is 19.1. The fourth-order valence-electron chi connectivity index (χ4n) is 4.58. The minimum Gasteiger partial charge on any atom is -0.369 e. The van der Waals surface area contributed by atoms with Gasteiger partial charge in [0.25, 0.3) is 5.91 Å². The Bertz CT molecular complexity index is 844. The third kappa shape index (κ3) is 3.02. The van der Waals surface area contributed by atoms with Crippen molar-refractivity contribution in [2.24, 2.45) is 11.7 Å². The molecule has 3 heterocycles. The van der Waals surface area contributed by atoms with Gasteiger partial charge < -0.3 is 15.2 Å². The summed E-state index contributed by atoms with van der Waals surface area (Å²) in [4.78, 5) is 29.3. The maximum atomic E-state index is 13.1. The van der Waals surface area contributed by atoms with Crippen molar-refractivity contribution in [3.05, 3.63) is 52.9 Å². The quantitative estimate of drug-likeness (QED) is 0.882. The standard InChI is InChI=1S/C20H24N4O3/c1-12-17(13(2)27-22-12)20(26)24-9-8-23-10-15(19(21)25)18(16(23)11-24)14-6-4-3-5-7-14/h3-7,15-16,18H,8-11H2,1-2H3,(H2,21,25)/t15-,16-,18+/m1/s1. The van der Waals surface area contributed by atoms with Crippen LogP contribution in [0.4, 0.5) is 0 Å². The number of aromatic nitrogens is 1. The van der Waals surface area contributed by atoms with Crippen LogP contribution in [0.1, 0.15) is 33.3 Å². The van der Waals surface area contributed by atoms with Gasteiger partial charge in [0.15, 0.2) is 0 Å². The summed E-state index contributed by atoms with van der Waals surface area (Å²) in [6, 6.07) is 10.1. The molecule has 2 aromatic rings. The molecular weight excluding hydrogens is 344 g/mol. The van der Waals surface area contributed by atoms with E-state index < -0.39 is 0 Å². The lowest BCUT2D eigenvalue weighted by molar-refractivity contribution is -0.121. The largest absolute Gasteiger partial charge is 0.369 e. The molecule has 1 aromatic carbocycles. The maximum absolute atomic E-state index is 13.1. The van der Waals surface area contributed by atoms with E-state index in [-0.39, 0.29) is 29.7 Å². The van der Waals surface area contributed by atoms with Gasteiger partial charge in [-0.25, -0.2) is 0 Å². The molecule has 0 radical (unpaired) electrons. The summed E-state index contributed by atoms with van der Waals surface area (Å²) in [6.45, 7) is 6.10. The minimum absolute atomic E-state index is 0.0102. The molecule has 7 heteroatoms. The van der Waals surface area contributed by atoms with Crippen LogP contribution in [0.3, 0.4) is 0 Å². The van der Waals surface area contributed by atoms with Crippen LogP contribution in [0.5, 0.6) is 0 Å². The highest BCUT2D eigenvalue weighted by molar-refractivity contribution is 5.96. The van der Waals surface area contributed by atoms with Gasteiger partial charge in [-0.1, -0.05) is 35.5 Å². The minimum atomic E-state index is -0.276. The number of rotatable bonds is 3. The van der Waals surface area contributed by atoms with Gasteiger partial charge in [-0.2, -0.15) is 0 Å². The monoisotopic (exact) mass is 368 g/mol. The van der Waals surface area contributed by atoms with E-state index >= 15 is 0 Å². The number of carbonyl (C=O) groups excluding carboxylic acids is 2. The summed E-state index contributed by atoms with van der Waals surface area (Å²) in [5, 5.41) is 3.90. The molecule has 2 amide bonds. The number of benzene rings is 1. The molecule has 142 valence electrons. The molecule has 4 rings (SSSR count). The molecule has 2 aliphatic rings. The molecule has 2 fully saturated rings. The lowest BCUT2D eigenvalue weighted by atomic mass is 9.83. The van der Waals surface area contributed by atoms with E-state index in [2.05, 4.69) is 10.1 Å². The SMILES string of the molecule is Cc1noc(C)c1C(=O)N1CCN2C[C@@H](C(N)=O)[C@H](c3ccccc3)[C@H]2C1. The Hall–Kier alpha value is -2.67. The van der Waals surface area contributed by atoms with Crippen molar-refractivity contribution >= 4 is 11.8 Å². The summed E-state index contributed by atoms with van der Waals surface area (Å²) in [5.74, 6) is -0.0430. The van der Waals surface area contributed by atoms with Crippen molar-refractivity contribution in [3.63, 3.8) is 0 Å². The number of fused-ring (bicyclic) bond motifs is 1. The molecule has 0 aliphatic carbocycles. The van der Waals surface area contributed by atoms with Crippen LogP contribution in [0.2, 0.25) is 0 Å². The summed E-state index contributed by atoms with van der Waals surface area (Å²) >= 11 is 0. The first-order valence-electron chi connectivity index (χ1n) is 9.28. The third-order valence-electron chi connectivity index (χ3n) is 5.90. The Kier molecular flexibility index (Phi) is 4.47. The van der Waals surface area contributed by atoms with Crippen LogP contribution in [0.15, 0.2) is 34.9 Å². The first kappa shape index (κ1) is 17.7. The molecular formula is C20H24N4O3. The van der Waals surface area contributed by atoms with E-state index in [4.69, 9.17) is 10.3 Å². The smallest absolute Gasteiger partial charge is 0.259 e. The molecule has 0 bridgehead atoms. The number of primary amides is 1. The highest BCUT2D eigenvalue weighted by Gasteiger charge is 2.48. The van der Waals surface area contributed by atoms with Crippen molar-refractivity contribution < 1.29 is 14.1 Å². The van der Waals surface area contributed by atoms with Gasteiger partial charge >= 0.3 is 0 Å². The van der Waals surface area contributed by atoms with Gasteiger partial charge in [-0.05, 0) is 19.4 Å². The second-order valence-electron chi connectivity index (χ2n) is 7.46. The van der Waals surface area contributed by atoms with Crippen molar-refractivity contribution in [3.8, 4) is 0 Å². The van der Waals surface area contributed by atoms with E-state index in [1.165, 1.54) is 0 Å². The van der Waals surface area contributed by atoms with E-state index in [0.29, 0.717) is 36.7 Å². The maximum Gasteiger partial charge on any atom is 0.259 e. The van der Waals surface area contributed by atoms with Crippen LogP contribution >= 0.6 is 0 Å². The zero-order valence-electron chi connectivity index (χ0n) is 15.6. The first-order valence-corrected chi connectivity index (χ1v) is 9.28. The molecule has 2 saturated heterocycles. The average molecular weight is 368 g/mol. The van der Waals surface area contributed by atoms with Crippen molar-refractivity contribution in [1.29, 1.82) is 0 Å². The number of hydrogen-bond donors (Lipinski definition) is 1. The normalized spacial score (nSPS) is 25.4. The molecule has 0 spiro atoms. The summed E-state index contributed by atoms with van der Waals surface area (Å²) in [7, 11) is 0.